The molecule has 9 heteroatoms. The third-order valence-electron chi connectivity index (χ3n) is 6.27. The van der Waals surface area contributed by atoms with Gasteiger partial charge in [-0.25, -0.2) is 4.98 Å². The molecule has 0 radical (unpaired) electrons. The van der Waals surface area contributed by atoms with Gasteiger partial charge in [-0.3, -0.25) is 14.6 Å². The molecule has 2 aromatic carbocycles. The molecule has 4 rings (SSSR count). The molecule has 1 aromatic heterocycles. The first-order chi connectivity index (χ1) is 16.6. The van der Waals surface area contributed by atoms with E-state index in [9.17, 15) is 18.0 Å². The smallest absolute Gasteiger partial charge is 0.322 e. The highest BCUT2D eigenvalue weighted by Crippen LogP contribution is 2.33. The minimum atomic E-state index is -4.55. The SMILES string of the molecule is Cc1cn(-c2cc(NC(=O)c3ccc(CN4CCN(C(C)C)CC4)cc3)cc(C(F)(F)F)c2)cn1. The van der Waals surface area contributed by atoms with E-state index in [1.165, 1.54) is 17.0 Å². The highest BCUT2D eigenvalue weighted by Gasteiger charge is 2.31. The maximum atomic E-state index is 13.5. The Bertz CT molecular complexity index is 1160. The standard InChI is InChI=1S/C26H30F3N5O/c1-18(2)33-10-8-32(9-11-33)16-20-4-6-21(7-5-20)25(35)31-23-12-22(26(27,28)29)13-24(14-23)34-15-19(3)30-17-34/h4-7,12-15,17-18H,8-11,16H2,1-3H3,(H,31,35). The zero-order valence-electron chi connectivity index (χ0n) is 20.1. The number of anilines is 1. The largest absolute Gasteiger partial charge is 0.416 e. The van der Waals surface area contributed by atoms with Crippen molar-refractivity contribution in [3.63, 3.8) is 0 Å². The Morgan fingerprint density at radius 1 is 1.06 bits per heavy atom. The zero-order valence-corrected chi connectivity index (χ0v) is 20.1. The number of carbonyl (C=O) groups excluding carboxylic acids is 1. The van der Waals surface area contributed by atoms with E-state index in [4.69, 9.17) is 0 Å². The van der Waals surface area contributed by atoms with Crippen LogP contribution in [0.15, 0.2) is 55.0 Å². The minimum Gasteiger partial charge on any atom is -0.322 e. The fourth-order valence-electron chi connectivity index (χ4n) is 4.22. The van der Waals surface area contributed by atoms with Crippen molar-refractivity contribution in [2.24, 2.45) is 0 Å². The van der Waals surface area contributed by atoms with Gasteiger partial charge in [-0.15, -0.1) is 0 Å². The molecule has 1 amide bonds. The second kappa shape index (κ2) is 10.2. The lowest BCUT2D eigenvalue weighted by Gasteiger charge is -2.36. The lowest BCUT2D eigenvalue weighted by molar-refractivity contribution is -0.137. The van der Waals surface area contributed by atoms with E-state index in [0.29, 0.717) is 17.3 Å². The van der Waals surface area contributed by atoms with Crippen LogP contribution in [-0.2, 0) is 12.7 Å². The summed E-state index contributed by atoms with van der Waals surface area (Å²) in [6.45, 7) is 11.0. The Labute approximate surface area is 203 Å². The van der Waals surface area contributed by atoms with Gasteiger partial charge in [0.2, 0.25) is 0 Å². The van der Waals surface area contributed by atoms with Crippen molar-refractivity contribution in [1.82, 2.24) is 19.4 Å². The Balaban J connectivity index is 1.45. The fourth-order valence-corrected chi connectivity index (χ4v) is 4.22. The number of rotatable bonds is 6. The van der Waals surface area contributed by atoms with Gasteiger partial charge in [-0.2, -0.15) is 13.2 Å². The molecule has 0 saturated carbocycles. The van der Waals surface area contributed by atoms with E-state index in [1.54, 1.807) is 25.3 Å². The first-order valence-corrected chi connectivity index (χ1v) is 11.7. The Morgan fingerprint density at radius 3 is 2.31 bits per heavy atom. The highest BCUT2D eigenvalue weighted by atomic mass is 19.4. The molecule has 0 bridgehead atoms. The van der Waals surface area contributed by atoms with E-state index in [1.807, 2.05) is 12.1 Å². The van der Waals surface area contributed by atoms with Crippen LogP contribution in [0.1, 0.15) is 41.0 Å². The number of carbonyl (C=O) groups is 1. The number of halogens is 3. The number of nitrogens with one attached hydrogen (secondary N) is 1. The van der Waals surface area contributed by atoms with Crippen LogP contribution in [0, 0.1) is 6.92 Å². The molecule has 0 atom stereocenters. The molecule has 0 spiro atoms. The first kappa shape index (κ1) is 24.9. The third kappa shape index (κ3) is 6.29. The van der Waals surface area contributed by atoms with Gasteiger partial charge in [-0.1, -0.05) is 12.1 Å². The molecule has 2 heterocycles. The van der Waals surface area contributed by atoms with Crippen molar-refractivity contribution in [2.75, 3.05) is 31.5 Å². The minimum absolute atomic E-state index is 0.0679. The van der Waals surface area contributed by atoms with Crippen LogP contribution in [0.25, 0.3) is 5.69 Å². The molecule has 1 N–H and O–H groups in total. The number of hydrogen-bond donors (Lipinski definition) is 1. The van der Waals surface area contributed by atoms with Gasteiger partial charge in [-0.05, 0) is 56.7 Å². The van der Waals surface area contributed by atoms with Crippen LogP contribution in [-0.4, -0.2) is 57.5 Å². The summed E-state index contributed by atoms with van der Waals surface area (Å²) in [5.41, 5.74) is 1.65. The van der Waals surface area contributed by atoms with Gasteiger partial charge < -0.3 is 9.88 Å². The van der Waals surface area contributed by atoms with E-state index in [0.717, 1.165) is 50.4 Å². The van der Waals surface area contributed by atoms with Crippen molar-refractivity contribution in [3.05, 3.63) is 77.4 Å². The maximum Gasteiger partial charge on any atom is 0.416 e. The number of imidazole rings is 1. The lowest BCUT2D eigenvalue weighted by atomic mass is 10.1. The summed E-state index contributed by atoms with van der Waals surface area (Å²) in [5.74, 6) is -0.464. The van der Waals surface area contributed by atoms with E-state index >= 15 is 0 Å². The molecule has 6 nitrogen and oxygen atoms in total. The van der Waals surface area contributed by atoms with Gasteiger partial charge in [0, 0.05) is 61.9 Å². The average molecular weight is 486 g/mol. The van der Waals surface area contributed by atoms with E-state index in [2.05, 4.69) is 33.9 Å². The maximum absolute atomic E-state index is 13.5. The Hall–Kier alpha value is -3.17. The fraction of sp³-hybridized carbons (Fsp3) is 0.385. The van der Waals surface area contributed by atoms with Gasteiger partial charge in [0.15, 0.2) is 0 Å². The number of piperazine rings is 1. The van der Waals surface area contributed by atoms with E-state index in [-0.39, 0.29) is 11.4 Å². The van der Waals surface area contributed by atoms with Crippen molar-refractivity contribution in [2.45, 2.75) is 39.5 Å². The molecule has 1 saturated heterocycles. The summed E-state index contributed by atoms with van der Waals surface area (Å²) >= 11 is 0. The zero-order chi connectivity index (χ0) is 25.2. The van der Waals surface area contributed by atoms with Crippen LogP contribution >= 0.6 is 0 Å². The van der Waals surface area contributed by atoms with Crippen molar-refractivity contribution < 1.29 is 18.0 Å². The van der Waals surface area contributed by atoms with Crippen molar-refractivity contribution in [1.29, 1.82) is 0 Å². The Morgan fingerprint density at radius 2 is 1.74 bits per heavy atom. The Kier molecular flexibility index (Phi) is 7.28. The number of nitrogens with zero attached hydrogens (tertiary/aromatic N) is 4. The number of aromatic nitrogens is 2. The van der Waals surface area contributed by atoms with Gasteiger partial charge in [0.05, 0.1) is 17.6 Å². The summed E-state index contributed by atoms with van der Waals surface area (Å²) in [5, 5.41) is 2.62. The first-order valence-electron chi connectivity index (χ1n) is 11.7. The highest BCUT2D eigenvalue weighted by molar-refractivity contribution is 6.04. The second-order valence-electron chi connectivity index (χ2n) is 9.25. The summed E-state index contributed by atoms with van der Waals surface area (Å²) < 4.78 is 41.9. The molecule has 1 fully saturated rings. The van der Waals surface area contributed by atoms with Gasteiger partial charge >= 0.3 is 6.18 Å². The molecular formula is C26H30F3N5O. The second-order valence-corrected chi connectivity index (χ2v) is 9.25. The van der Waals surface area contributed by atoms with Crippen LogP contribution in [0.2, 0.25) is 0 Å². The number of aryl methyl sites for hydroxylation is 1. The molecule has 0 unspecified atom stereocenters. The summed E-state index contributed by atoms with van der Waals surface area (Å²) in [4.78, 5) is 21.7. The van der Waals surface area contributed by atoms with Gasteiger partial charge in [0.1, 0.15) is 0 Å². The molecule has 35 heavy (non-hydrogen) atoms. The molecule has 0 aliphatic carbocycles. The van der Waals surface area contributed by atoms with Crippen LogP contribution in [0.5, 0.6) is 0 Å². The van der Waals surface area contributed by atoms with E-state index < -0.39 is 17.6 Å². The predicted molar refractivity (Wildman–Crippen MR) is 130 cm³/mol. The molecule has 1 aliphatic heterocycles. The molecular weight excluding hydrogens is 455 g/mol. The molecule has 186 valence electrons. The number of hydrogen-bond acceptors (Lipinski definition) is 4. The summed E-state index contributed by atoms with van der Waals surface area (Å²) in [7, 11) is 0. The average Bonchev–Trinajstić information content (AvgIpc) is 3.25. The topological polar surface area (TPSA) is 53.4 Å². The number of alkyl halides is 3. The monoisotopic (exact) mass is 485 g/mol. The quantitative estimate of drug-likeness (QED) is 0.535. The molecule has 3 aromatic rings. The predicted octanol–water partition coefficient (Wildman–Crippen LogP) is 4.98. The van der Waals surface area contributed by atoms with Crippen molar-refractivity contribution >= 4 is 11.6 Å². The summed E-state index contributed by atoms with van der Waals surface area (Å²) in [6.07, 6.45) is -1.48. The van der Waals surface area contributed by atoms with Gasteiger partial charge in [0.25, 0.3) is 5.91 Å². The third-order valence-corrected chi connectivity index (χ3v) is 6.27. The number of amides is 1. The van der Waals surface area contributed by atoms with Crippen LogP contribution in [0.3, 0.4) is 0 Å². The molecule has 1 aliphatic rings. The number of benzene rings is 2. The van der Waals surface area contributed by atoms with Crippen LogP contribution in [0.4, 0.5) is 18.9 Å². The lowest BCUT2D eigenvalue weighted by Crippen LogP contribution is -2.48. The van der Waals surface area contributed by atoms with Crippen LogP contribution < -0.4 is 5.32 Å². The summed E-state index contributed by atoms with van der Waals surface area (Å²) in [6, 6.07) is 11.2. The normalized spacial score (nSPS) is 15.5. The van der Waals surface area contributed by atoms with Crippen molar-refractivity contribution in [3.8, 4) is 5.69 Å².